The minimum Gasteiger partial charge on any atom is -0.468 e. The number of ether oxygens (including phenoxy) is 2. The molecule has 2 atom stereocenters. The Balaban J connectivity index is 4.38. The van der Waals surface area contributed by atoms with Crippen molar-refractivity contribution in [3.05, 3.63) is 0 Å². The summed E-state index contributed by atoms with van der Waals surface area (Å²) in [5.74, 6) is -1.13. The van der Waals surface area contributed by atoms with Crippen LogP contribution in [0.5, 0.6) is 0 Å². The predicted octanol–water partition coefficient (Wildman–Crippen LogP) is 0.962. The normalized spacial score (nSPS) is 15.6. The summed E-state index contributed by atoms with van der Waals surface area (Å²) >= 11 is 0. The number of hydrogen-bond acceptors (Lipinski definition) is 4. The Kier molecular flexibility index (Phi) is 6.35. The molecule has 0 spiro atoms. The summed E-state index contributed by atoms with van der Waals surface area (Å²) in [5, 5.41) is 2.12. The molecule has 0 aromatic heterocycles. The zero-order valence-corrected chi connectivity index (χ0v) is 9.43. The van der Waals surface area contributed by atoms with Crippen LogP contribution in [0, 0.1) is 5.92 Å². The smallest absolute Gasteiger partial charge is 0.401 e. The van der Waals surface area contributed by atoms with Gasteiger partial charge in [0.2, 0.25) is 0 Å². The second kappa shape index (κ2) is 6.70. The monoisotopic (exact) mass is 243 g/mol. The van der Waals surface area contributed by atoms with E-state index in [1.807, 2.05) is 0 Å². The molecule has 0 aliphatic heterocycles. The fraction of sp³-hybridized carbons (Fsp3) is 0.889. The number of carbonyl (C=O) groups is 1. The highest BCUT2D eigenvalue weighted by molar-refractivity contribution is 5.76. The lowest BCUT2D eigenvalue weighted by molar-refractivity contribution is -0.149. The minimum atomic E-state index is -4.36. The second-order valence-electron chi connectivity index (χ2n) is 3.43. The highest BCUT2D eigenvalue weighted by Gasteiger charge is 2.32. The molecule has 0 heterocycles. The van der Waals surface area contributed by atoms with Crippen LogP contribution in [-0.2, 0) is 14.3 Å². The summed E-state index contributed by atoms with van der Waals surface area (Å²) in [6.45, 7) is 0.542. The quantitative estimate of drug-likeness (QED) is 0.706. The maximum atomic E-state index is 12.0. The molecular weight excluding hydrogens is 227 g/mol. The van der Waals surface area contributed by atoms with E-state index in [2.05, 4.69) is 10.1 Å². The van der Waals surface area contributed by atoms with E-state index in [1.165, 1.54) is 7.11 Å². The average Bonchev–Trinajstić information content (AvgIpc) is 2.16. The highest BCUT2D eigenvalue weighted by atomic mass is 19.4. The third-order valence-electron chi connectivity index (χ3n) is 1.98. The minimum absolute atomic E-state index is 0.171. The van der Waals surface area contributed by atoms with Gasteiger partial charge in [0.15, 0.2) is 0 Å². The molecule has 2 unspecified atom stereocenters. The molecule has 0 rings (SSSR count). The number of nitrogens with one attached hydrogen (secondary N) is 1. The summed E-state index contributed by atoms with van der Waals surface area (Å²) in [4.78, 5) is 11.2. The molecule has 1 N–H and O–H groups in total. The molecule has 0 radical (unpaired) electrons. The van der Waals surface area contributed by atoms with E-state index in [-0.39, 0.29) is 6.61 Å². The molecule has 0 amide bonds. The van der Waals surface area contributed by atoms with Gasteiger partial charge in [-0.15, -0.1) is 0 Å². The third-order valence-corrected chi connectivity index (χ3v) is 1.98. The molecule has 7 heteroatoms. The van der Waals surface area contributed by atoms with Crippen molar-refractivity contribution in [2.45, 2.75) is 19.1 Å². The van der Waals surface area contributed by atoms with Gasteiger partial charge in [0.1, 0.15) is 6.04 Å². The number of halogens is 3. The average molecular weight is 243 g/mol. The number of carbonyl (C=O) groups excluding carboxylic acids is 1. The Morgan fingerprint density at radius 1 is 1.38 bits per heavy atom. The molecular formula is C9H16F3NO3. The van der Waals surface area contributed by atoms with Gasteiger partial charge < -0.3 is 9.47 Å². The van der Waals surface area contributed by atoms with Crippen molar-refractivity contribution in [1.82, 2.24) is 5.32 Å². The van der Waals surface area contributed by atoms with Crippen molar-refractivity contribution in [2.75, 3.05) is 27.4 Å². The summed E-state index contributed by atoms with van der Waals surface area (Å²) < 4.78 is 45.2. The molecule has 0 bridgehead atoms. The van der Waals surface area contributed by atoms with Gasteiger partial charge >= 0.3 is 12.1 Å². The second-order valence-corrected chi connectivity index (χ2v) is 3.43. The molecule has 0 fully saturated rings. The highest BCUT2D eigenvalue weighted by Crippen LogP contribution is 2.14. The number of methoxy groups -OCH3 is 2. The zero-order valence-electron chi connectivity index (χ0n) is 9.43. The summed E-state index contributed by atoms with van der Waals surface area (Å²) in [6, 6.07) is -1.02. The first kappa shape index (κ1) is 15.2. The van der Waals surface area contributed by atoms with Crippen LogP contribution in [0.3, 0.4) is 0 Å². The molecule has 0 aromatic carbocycles. The van der Waals surface area contributed by atoms with Gasteiger partial charge in [-0.3, -0.25) is 10.1 Å². The zero-order chi connectivity index (χ0) is 12.8. The van der Waals surface area contributed by atoms with Crippen molar-refractivity contribution in [3.8, 4) is 0 Å². The first-order valence-corrected chi connectivity index (χ1v) is 4.68. The molecule has 16 heavy (non-hydrogen) atoms. The lowest BCUT2D eigenvalue weighted by Crippen LogP contribution is -2.47. The van der Waals surface area contributed by atoms with Gasteiger partial charge in [0, 0.05) is 13.0 Å². The Bertz CT molecular complexity index is 221. The SMILES string of the molecule is COCC(C)C(NCC(F)(F)F)C(=O)OC. The van der Waals surface area contributed by atoms with Crippen molar-refractivity contribution < 1.29 is 27.4 Å². The van der Waals surface area contributed by atoms with Gasteiger partial charge in [0.25, 0.3) is 0 Å². The first-order valence-electron chi connectivity index (χ1n) is 4.68. The molecule has 0 saturated heterocycles. The molecule has 0 aromatic rings. The number of hydrogen-bond donors (Lipinski definition) is 1. The van der Waals surface area contributed by atoms with Crippen LogP contribution in [0.4, 0.5) is 13.2 Å². The van der Waals surface area contributed by atoms with Crippen LogP contribution in [0.1, 0.15) is 6.92 Å². The number of esters is 1. The lowest BCUT2D eigenvalue weighted by Gasteiger charge is -2.22. The third kappa shape index (κ3) is 5.92. The van der Waals surface area contributed by atoms with Gasteiger partial charge in [0.05, 0.1) is 20.3 Å². The van der Waals surface area contributed by atoms with Gasteiger partial charge in [-0.05, 0) is 0 Å². The number of alkyl halides is 3. The van der Waals surface area contributed by atoms with Gasteiger partial charge in [-0.25, -0.2) is 0 Å². The molecule has 4 nitrogen and oxygen atoms in total. The van der Waals surface area contributed by atoms with Crippen molar-refractivity contribution in [2.24, 2.45) is 5.92 Å². The van der Waals surface area contributed by atoms with Crippen molar-refractivity contribution in [3.63, 3.8) is 0 Å². The van der Waals surface area contributed by atoms with E-state index in [0.29, 0.717) is 0 Å². The predicted molar refractivity (Wildman–Crippen MR) is 50.9 cm³/mol. The van der Waals surface area contributed by atoms with Crippen LogP contribution >= 0.6 is 0 Å². The van der Waals surface area contributed by atoms with Gasteiger partial charge in [-0.2, -0.15) is 13.2 Å². The van der Waals surface area contributed by atoms with Crippen LogP contribution < -0.4 is 5.32 Å². The van der Waals surface area contributed by atoms with Crippen molar-refractivity contribution in [1.29, 1.82) is 0 Å². The van der Waals surface area contributed by atoms with E-state index in [9.17, 15) is 18.0 Å². The van der Waals surface area contributed by atoms with E-state index >= 15 is 0 Å². The summed E-state index contributed by atoms with van der Waals surface area (Å²) in [6.07, 6.45) is -4.36. The standard InChI is InChI=1S/C9H16F3NO3/c1-6(4-15-2)7(8(14)16-3)13-5-9(10,11)12/h6-7,13H,4-5H2,1-3H3. The maximum Gasteiger partial charge on any atom is 0.401 e. The van der Waals surface area contributed by atoms with Crippen molar-refractivity contribution >= 4 is 5.97 Å². The molecule has 0 aliphatic carbocycles. The number of rotatable bonds is 6. The Labute approximate surface area is 92.1 Å². The molecule has 0 aliphatic rings. The van der Waals surface area contributed by atoms with Crippen LogP contribution in [0.15, 0.2) is 0 Å². The lowest BCUT2D eigenvalue weighted by atomic mass is 10.0. The molecule has 96 valence electrons. The van der Waals surface area contributed by atoms with Crippen LogP contribution in [0.2, 0.25) is 0 Å². The molecule has 0 saturated carbocycles. The summed E-state index contributed by atoms with van der Waals surface area (Å²) in [5.41, 5.74) is 0. The van der Waals surface area contributed by atoms with Gasteiger partial charge in [-0.1, -0.05) is 6.92 Å². The largest absolute Gasteiger partial charge is 0.468 e. The Morgan fingerprint density at radius 2 is 1.94 bits per heavy atom. The maximum absolute atomic E-state index is 12.0. The fourth-order valence-corrected chi connectivity index (χ4v) is 1.23. The van der Waals surface area contributed by atoms with E-state index in [1.54, 1.807) is 6.92 Å². The Morgan fingerprint density at radius 3 is 2.31 bits per heavy atom. The topological polar surface area (TPSA) is 47.6 Å². The summed E-state index contributed by atoms with van der Waals surface area (Å²) in [7, 11) is 2.54. The van der Waals surface area contributed by atoms with Crippen LogP contribution in [0.25, 0.3) is 0 Å². The van der Waals surface area contributed by atoms with E-state index in [4.69, 9.17) is 4.74 Å². The Hall–Kier alpha value is -0.820. The fourth-order valence-electron chi connectivity index (χ4n) is 1.23. The van der Waals surface area contributed by atoms with E-state index < -0.39 is 30.7 Å². The van der Waals surface area contributed by atoms with Crippen LogP contribution in [-0.4, -0.2) is 45.6 Å². The van der Waals surface area contributed by atoms with E-state index in [0.717, 1.165) is 7.11 Å². The first-order chi connectivity index (χ1) is 7.31.